The van der Waals surface area contributed by atoms with Crippen molar-refractivity contribution < 1.29 is 9.21 Å². The summed E-state index contributed by atoms with van der Waals surface area (Å²) in [5, 5.41) is 4.05. The van der Waals surface area contributed by atoms with Crippen LogP contribution in [-0.4, -0.2) is 15.9 Å². The largest absolute Gasteiger partial charge is 0.463 e. The number of carbonyl (C=O) groups excluding carboxylic acids is 1. The molecule has 2 N–H and O–H groups in total. The van der Waals surface area contributed by atoms with E-state index in [0.29, 0.717) is 18.7 Å². The molecule has 3 heterocycles. The number of hydrogen-bond acceptors (Lipinski definition) is 3. The van der Waals surface area contributed by atoms with Gasteiger partial charge in [-0.1, -0.05) is 18.2 Å². The van der Waals surface area contributed by atoms with E-state index in [1.165, 1.54) is 0 Å². The molecule has 25 heavy (non-hydrogen) atoms. The summed E-state index contributed by atoms with van der Waals surface area (Å²) in [6.45, 7) is 0.456. The molecule has 3 aromatic heterocycles. The Bertz CT molecular complexity index is 1000. The molecule has 0 aliphatic heterocycles. The third-order valence-corrected chi connectivity index (χ3v) is 4.11. The molecule has 0 saturated heterocycles. The molecule has 4 aromatic rings. The normalized spacial score (nSPS) is 10.9. The van der Waals surface area contributed by atoms with Gasteiger partial charge in [-0.05, 0) is 41.5 Å². The highest BCUT2D eigenvalue weighted by Crippen LogP contribution is 2.19. The van der Waals surface area contributed by atoms with Gasteiger partial charge in [-0.2, -0.15) is 0 Å². The van der Waals surface area contributed by atoms with E-state index >= 15 is 0 Å². The Morgan fingerprint density at radius 3 is 2.96 bits per heavy atom. The van der Waals surface area contributed by atoms with Crippen molar-refractivity contribution in [3.8, 4) is 11.5 Å². The molecule has 0 radical (unpaired) electrons. The molecule has 4 rings (SSSR count). The first-order valence-corrected chi connectivity index (χ1v) is 8.10. The Morgan fingerprint density at radius 1 is 1.16 bits per heavy atom. The molecule has 0 spiro atoms. The number of para-hydroxylation sites is 1. The van der Waals surface area contributed by atoms with Gasteiger partial charge in [-0.15, -0.1) is 0 Å². The SMILES string of the molecule is O=C(Cc1c[nH]c2ccccc12)NCc1ccnc(-c2ccco2)c1. The van der Waals surface area contributed by atoms with Crippen molar-refractivity contribution in [3.05, 3.63) is 78.3 Å². The second-order valence-corrected chi connectivity index (χ2v) is 5.84. The molecule has 0 aliphatic carbocycles. The van der Waals surface area contributed by atoms with E-state index in [9.17, 15) is 4.79 Å². The number of amides is 1. The van der Waals surface area contributed by atoms with Crippen molar-refractivity contribution in [1.29, 1.82) is 0 Å². The molecule has 0 saturated carbocycles. The molecule has 124 valence electrons. The lowest BCUT2D eigenvalue weighted by molar-refractivity contribution is -0.120. The fraction of sp³-hybridized carbons (Fsp3) is 0.100. The van der Waals surface area contributed by atoms with Gasteiger partial charge in [0.25, 0.3) is 0 Å². The lowest BCUT2D eigenvalue weighted by Crippen LogP contribution is -2.24. The highest BCUT2D eigenvalue weighted by molar-refractivity contribution is 5.88. The number of hydrogen-bond donors (Lipinski definition) is 2. The Morgan fingerprint density at radius 2 is 2.08 bits per heavy atom. The number of nitrogens with one attached hydrogen (secondary N) is 2. The fourth-order valence-corrected chi connectivity index (χ4v) is 2.86. The lowest BCUT2D eigenvalue weighted by Gasteiger charge is -2.06. The van der Waals surface area contributed by atoms with Crippen LogP contribution in [0.5, 0.6) is 0 Å². The van der Waals surface area contributed by atoms with Crippen LogP contribution in [0.4, 0.5) is 0 Å². The Labute approximate surface area is 144 Å². The number of benzene rings is 1. The zero-order valence-electron chi connectivity index (χ0n) is 13.5. The van der Waals surface area contributed by atoms with E-state index in [2.05, 4.69) is 15.3 Å². The number of H-pyrrole nitrogens is 1. The van der Waals surface area contributed by atoms with Gasteiger partial charge in [0.2, 0.25) is 5.91 Å². The number of furan rings is 1. The van der Waals surface area contributed by atoms with Crippen molar-refractivity contribution in [2.75, 3.05) is 0 Å². The van der Waals surface area contributed by atoms with E-state index in [0.717, 1.165) is 27.7 Å². The van der Waals surface area contributed by atoms with Crippen LogP contribution in [0.1, 0.15) is 11.1 Å². The number of rotatable bonds is 5. The van der Waals surface area contributed by atoms with E-state index < -0.39 is 0 Å². The van der Waals surface area contributed by atoms with Gasteiger partial charge in [0.1, 0.15) is 5.69 Å². The second kappa shape index (κ2) is 6.65. The summed E-state index contributed by atoms with van der Waals surface area (Å²) in [5.41, 5.74) is 3.78. The number of nitrogens with zero attached hydrogens (tertiary/aromatic N) is 1. The highest BCUT2D eigenvalue weighted by Gasteiger charge is 2.09. The Hall–Kier alpha value is -3.34. The monoisotopic (exact) mass is 331 g/mol. The number of fused-ring (bicyclic) bond motifs is 1. The smallest absolute Gasteiger partial charge is 0.224 e. The molecule has 1 aromatic carbocycles. The van der Waals surface area contributed by atoms with Crippen molar-refractivity contribution >= 4 is 16.8 Å². The predicted molar refractivity (Wildman–Crippen MR) is 95.8 cm³/mol. The maximum Gasteiger partial charge on any atom is 0.224 e. The first-order chi connectivity index (χ1) is 12.3. The number of aromatic amines is 1. The van der Waals surface area contributed by atoms with Crippen LogP contribution < -0.4 is 5.32 Å². The van der Waals surface area contributed by atoms with Crippen molar-refractivity contribution in [1.82, 2.24) is 15.3 Å². The highest BCUT2D eigenvalue weighted by atomic mass is 16.3. The molecular weight excluding hydrogens is 314 g/mol. The minimum absolute atomic E-state index is 0.0129. The van der Waals surface area contributed by atoms with Crippen LogP contribution in [-0.2, 0) is 17.8 Å². The Balaban J connectivity index is 1.41. The lowest BCUT2D eigenvalue weighted by atomic mass is 10.1. The van der Waals surface area contributed by atoms with Gasteiger partial charge in [0.15, 0.2) is 5.76 Å². The summed E-state index contributed by atoms with van der Waals surface area (Å²) >= 11 is 0. The zero-order chi connectivity index (χ0) is 17.1. The van der Waals surface area contributed by atoms with Crippen LogP contribution in [0.3, 0.4) is 0 Å². The van der Waals surface area contributed by atoms with Gasteiger partial charge in [0.05, 0.1) is 12.7 Å². The summed E-state index contributed by atoms with van der Waals surface area (Å²) < 4.78 is 5.36. The molecule has 0 fully saturated rings. The quantitative estimate of drug-likeness (QED) is 0.586. The second-order valence-electron chi connectivity index (χ2n) is 5.84. The van der Waals surface area contributed by atoms with Gasteiger partial charge < -0.3 is 14.7 Å². The maximum absolute atomic E-state index is 12.3. The predicted octanol–water partition coefficient (Wildman–Crippen LogP) is 3.68. The Kier molecular flexibility index (Phi) is 4.04. The summed E-state index contributed by atoms with van der Waals surface area (Å²) in [5.74, 6) is 0.702. The third kappa shape index (κ3) is 3.30. The maximum atomic E-state index is 12.3. The van der Waals surface area contributed by atoms with Crippen molar-refractivity contribution in [2.45, 2.75) is 13.0 Å². The van der Waals surface area contributed by atoms with E-state index in [1.807, 2.05) is 54.7 Å². The third-order valence-electron chi connectivity index (χ3n) is 4.11. The summed E-state index contributed by atoms with van der Waals surface area (Å²) in [6.07, 6.45) is 5.58. The molecule has 5 nitrogen and oxygen atoms in total. The van der Waals surface area contributed by atoms with E-state index in [1.54, 1.807) is 12.5 Å². The van der Waals surface area contributed by atoms with Gasteiger partial charge in [-0.25, -0.2) is 0 Å². The topological polar surface area (TPSA) is 70.9 Å². The molecule has 0 atom stereocenters. The van der Waals surface area contributed by atoms with Crippen LogP contribution >= 0.6 is 0 Å². The van der Waals surface area contributed by atoms with Crippen LogP contribution in [0.15, 0.2) is 71.6 Å². The average Bonchev–Trinajstić information content (AvgIpc) is 3.31. The zero-order valence-corrected chi connectivity index (χ0v) is 13.5. The number of aromatic nitrogens is 2. The van der Waals surface area contributed by atoms with Crippen LogP contribution in [0.2, 0.25) is 0 Å². The van der Waals surface area contributed by atoms with Gasteiger partial charge in [-0.3, -0.25) is 9.78 Å². The van der Waals surface area contributed by atoms with Crippen LogP contribution in [0, 0.1) is 0 Å². The minimum atomic E-state index is -0.0129. The summed E-state index contributed by atoms with van der Waals surface area (Å²) in [6, 6.07) is 15.5. The first-order valence-electron chi connectivity index (χ1n) is 8.10. The van der Waals surface area contributed by atoms with E-state index in [-0.39, 0.29) is 5.91 Å². The van der Waals surface area contributed by atoms with Crippen molar-refractivity contribution in [2.24, 2.45) is 0 Å². The number of carbonyl (C=O) groups is 1. The van der Waals surface area contributed by atoms with Crippen molar-refractivity contribution in [3.63, 3.8) is 0 Å². The van der Waals surface area contributed by atoms with Crippen LogP contribution in [0.25, 0.3) is 22.4 Å². The average molecular weight is 331 g/mol. The molecule has 5 heteroatoms. The summed E-state index contributed by atoms with van der Waals surface area (Å²) in [7, 11) is 0. The minimum Gasteiger partial charge on any atom is -0.463 e. The van der Waals surface area contributed by atoms with E-state index in [4.69, 9.17) is 4.42 Å². The molecule has 1 amide bonds. The molecular formula is C20H17N3O2. The standard InChI is InChI=1S/C20H17N3O2/c24-20(11-15-13-22-17-5-2-1-4-16(15)17)23-12-14-7-8-21-18(10-14)19-6-3-9-25-19/h1-10,13,22H,11-12H2,(H,23,24). The molecule has 0 bridgehead atoms. The fourth-order valence-electron chi connectivity index (χ4n) is 2.86. The first kappa shape index (κ1) is 15.2. The summed E-state index contributed by atoms with van der Waals surface area (Å²) in [4.78, 5) is 19.8. The van der Waals surface area contributed by atoms with Gasteiger partial charge in [0, 0.05) is 29.8 Å². The molecule has 0 unspecified atom stereocenters. The molecule has 0 aliphatic rings. The number of pyridine rings is 1. The van der Waals surface area contributed by atoms with Gasteiger partial charge >= 0.3 is 0 Å².